The van der Waals surface area contributed by atoms with Gasteiger partial charge in [0, 0.05) is 19.0 Å². The van der Waals surface area contributed by atoms with E-state index in [9.17, 15) is 9.59 Å². The van der Waals surface area contributed by atoms with Gasteiger partial charge in [0.25, 0.3) is 5.91 Å². The first-order valence-corrected chi connectivity index (χ1v) is 6.59. The van der Waals surface area contributed by atoms with Crippen LogP contribution in [-0.2, 0) is 4.79 Å². The molecule has 0 radical (unpaired) electrons. The summed E-state index contributed by atoms with van der Waals surface area (Å²) in [5, 5.41) is 4.78. The molecule has 0 aliphatic carbocycles. The van der Waals surface area contributed by atoms with Gasteiger partial charge in [0.2, 0.25) is 5.91 Å². The fourth-order valence-electron chi connectivity index (χ4n) is 1.99. The minimum atomic E-state index is -0.0802. The van der Waals surface area contributed by atoms with Crippen LogP contribution in [0.2, 0.25) is 0 Å². The lowest BCUT2D eigenvalue weighted by Gasteiger charge is -2.21. The van der Waals surface area contributed by atoms with Crippen LogP contribution in [0, 0.1) is 0 Å². The molecule has 4 nitrogen and oxygen atoms in total. The van der Waals surface area contributed by atoms with E-state index in [1.807, 2.05) is 25.3 Å². The molecule has 92 valence electrons. The van der Waals surface area contributed by atoms with Crippen LogP contribution in [0.15, 0.2) is 17.5 Å². The van der Waals surface area contributed by atoms with Gasteiger partial charge in [-0.15, -0.1) is 11.3 Å². The lowest BCUT2D eigenvalue weighted by molar-refractivity contribution is -0.129. The zero-order chi connectivity index (χ0) is 12.4. The highest BCUT2D eigenvalue weighted by atomic mass is 32.1. The second-order valence-corrected chi connectivity index (χ2v) is 5.44. The molecule has 1 aliphatic rings. The highest BCUT2D eigenvalue weighted by Crippen LogP contribution is 2.15. The average Bonchev–Trinajstić information content (AvgIpc) is 2.86. The van der Waals surface area contributed by atoms with Crippen LogP contribution < -0.4 is 5.32 Å². The largest absolute Gasteiger partial charge is 0.346 e. The number of amides is 2. The predicted molar refractivity (Wildman–Crippen MR) is 67.0 cm³/mol. The number of nitrogens with zero attached hydrogens (tertiary/aromatic N) is 1. The van der Waals surface area contributed by atoms with Crippen LogP contribution in [0.5, 0.6) is 0 Å². The molecule has 1 N–H and O–H groups in total. The molecule has 0 bridgehead atoms. The van der Waals surface area contributed by atoms with Gasteiger partial charge in [-0.05, 0) is 25.3 Å². The molecular weight excluding hydrogens is 236 g/mol. The second-order valence-electron chi connectivity index (χ2n) is 4.49. The van der Waals surface area contributed by atoms with E-state index in [0.717, 1.165) is 0 Å². The Hall–Kier alpha value is -1.36. The Morgan fingerprint density at radius 3 is 2.88 bits per heavy atom. The molecule has 0 spiro atoms. The van der Waals surface area contributed by atoms with Crippen molar-refractivity contribution in [3.63, 3.8) is 0 Å². The quantitative estimate of drug-likeness (QED) is 0.886. The summed E-state index contributed by atoms with van der Waals surface area (Å²) in [5.41, 5.74) is 0. The van der Waals surface area contributed by atoms with Crippen LogP contribution in [0.4, 0.5) is 0 Å². The molecule has 5 heteroatoms. The fourth-order valence-corrected chi connectivity index (χ4v) is 2.62. The molecule has 2 rings (SSSR count). The first-order valence-electron chi connectivity index (χ1n) is 5.71. The van der Waals surface area contributed by atoms with Gasteiger partial charge >= 0.3 is 0 Å². The number of hydrogen-bond donors (Lipinski definition) is 1. The summed E-state index contributed by atoms with van der Waals surface area (Å²) in [6.07, 6.45) is 0.412. The van der Waals surface area contributed by atoms with Crippen LogP contribution in [-0.4, -0.2) is 35.3 Å². The molecule has 1 aliphatic heterocycles. The van der Waals surface area contributed by atoms with Crippen molar-refractivity contribution >= 4 is 23.2 Å². The standard InChI is InChI=1S/C12H16N2O2S/c1-8(2)14-7-9(6-11(14)15)13-12(16)10-4-3-5-17-10/h3-5,8-9H,6-7H2,1-2H3,(H,13,16). The van der Waals surface area contributed by atoms with Crippen LogP contribution in [0.25, 0.3) is 0 Å². The molecule has 1 fully saturated rings. The summed E-state index contributed by atoms with van der Waals surface area (Å²) in [5.74, 6) is 0.0416. The van der Waals surface area contributed by atoms with E-state index in [-0.39, 0.29) is 23.9 Å². The first kappa shape index (κ1) is 12.1. The maximum atomic E-state index is 11.8. The van der Waals surface area contributed by atoms with Gasteiger partial charge in [-0.3, -0.25) is 9.59 Å². The van der Waals surface area contributed by atoms with E-state index in [2.05, 4.69) is 5.32 Å². The third-order valence-electron chi connectivity index (χ3n) is 2.86. The van der Waals surface area contributed by atoms with Crippen molar-refractivity contribution in [3.8, 4) is 0 Å². The number of carbonyl (C=O) groups is 2. The zero-order valence-corrected chi connectivity index (χ0v) is 10.8. The number of thiophene rings is 1. The molecule has 2 amide bonds. The summed E-state index contributed by atoms with van der Waals surface area (Å²) < 4.78 is 0. The third-order valence-corrected chi connectivity index (χ3v) is 3.73. The summed E-state index contributed by atoms with van der Waals surface area (Å²) in [7, 11) is 0. The maximum Gasteiger partial charge on any atom is 0.261 e. The zero-order valence-electron chi connectivity index (χ0n) is 9.97. The maximum absolute atomic E-state index is 11.8. The van der Waals surface area contributed by atoms with Crippen LogP contribution >= 0.6 is 11.3 Å². The SMILES string of the molecule is CC(C)N1CC(NC(=O)c2cccs2)CC1=O. The van der Waals surface area contributed by atoms with E-state index in [0.29, 0.717) is 17.8 Å². The first-order chi connectivity index (χ1) is 8.08. The topological polar surface area (TPSA) is 49.4 Å². The van der Waals surface area contributed by atoms with Crippen molar-refractivity contribution in [1.29, 1.82) is 0 Å². The van der Waals surface area contributed by atoms with Gasteiger partial charge in [-0.25, -0.2) is 0 Å². The van der Waals surface area contributed by atoms with Gasteiger partial charge in [-0.1, -0.05) is 6.07 Å². The minimum Gasteiger partial charge on any atom is -0.346 e. The minimum absolute atomic E-state index is 0.0560. The number of carbonyl (C=O) groups excluding carboxylic acids is 2. The van der Waals surface area contributed by atoms with Gasteiger partial charge in [-0.2, -0.15) is 0 Å². The Morgan fingerprint density at radius 1 is 1.59 bits per heavy atom. The summed E-state index contributed by atoms with van der Waals surface area (Å²) in [4.78, 5) is 26.0. The summed E-state index contributed by atoms with van der Waals surface area (Å²) in [6, 6.07) is 3.78. The third kappa shape index (κ3) is 2.66. The Bertz CT molecular complexity index is 414. The molecule has 0 aromatic carbocycles. The van der Waals surface area contributed by atoms with Crippen molar-refractivity contribution in [2.24, 2.45) is 0 Å². The lowest BCUT2D eigenvalue weighted by Crippen LogP contribution is -2.38. The van der Waals surface area contributed by atoms with Gasteiger partial charge in [0.1, 0.15) is 0 Å². The fraction of sp³-hybridized carbons (Fsp3) is 0.500. The molecular formula is C12H16N2O2S. The number of likely N-dealkylation sites (tertiary alicyclic amines) is 1. The number of hydrogen-bond acceptors (Lipinski definition) is 3. The van der Waals surface area contributed by atoms with Crippen LogP contribution in [0.1, 0.15) is 29.9 Å². The van der Waals surface area contributed by atoms with Crippen molar-refractivity contribution < 1.29 is 9.59 Å². The van der Waals surface area contributed by atoms with E-state index in [4.69, 9.17) is 0 Å². The smallest absolute Gasteiger partial charge is 0.261 e. The Morgan fingerprint density at radius 2 is 2.35 bits per heavy atom. The summed E-state index contributed by atoms with van der Waals surface area (Å²) >= 11 is 1.41. The highest BCUT2D eigenvalue weighted by molar-refractivity contribution is 7.12. The second kappa shape index (κ2) is 4.87. The monoisotopic (exact) mass is 252 g/mol. The number of nitrogens with one attached hydrogen (secondary N) is 1. The molecule has 1 aromatic heterocycles. The molecule has 17 heavy (non-hydrogen) atoms. The van der Waals surface area contributed by atoms with Crippen molar-refractivity contribution in [3.05, 3.63) is 22.4 Å². The van der Waals surface area contributed by atoms with Crippen molar-refractivity contribution in [2.45, 2.75) is 32.4 Å². The molecule has 1 unspecified atom stereocenters. The normalized spacial score (nSPS) is 20.1. The highest BCUT2D eigenvalue weighted by Gasteiger charge is 2.32. The Labute approximate surface area is 105 Å². The Kier molecular flexibility index (Phi) is 3.47. The molecule has 1 aromatic rings. The average molecular weight is 252 g/mol. The van der Waals surface area contributed by atoms with E-state index < -0.39 is 0 Å². The lowest BCUT2D eigenvalue weighted by atomic mass is 10.2. The molecule has 2 heterocycles. The van der Waals surface area contributed by atoms with E-state index in [1.165, 1.54) is 11.3 Å². The molecule has 1 saturated heterocycles. The molecule has 0 saturated carbocycles. The van der Waals surface area contributed by atoms with Gasteiger partial charge in [0.15, 0.2) is 0 Å². The molecule has 1 atom stereocenters. The van der Waals surface area contributed by atoms with Crippen molar-refractivity contribution in [2.75, 3.05) is 6.54 Å². The van der Waals surface area contributed by atoms with Crippen LogP contribution in [0.3, 0.4) is 0 Å². The van der Waals surface area contributed by atoms with Crippen molar-refractivity contribution in [1.82, 2.24) is 10.2 Å². The van der Waals surface area contributed by atoms with E-state index in [1.54, 1.807) is 11.0 Å². The Balaban J connectivity index is 1.94. The van der Waals surface area contributed by atoms with Gasteiger partial charge < -0.3 is 10.2 Å². The van der Waals surface area contributed by atoms with E-state index >= 15 is 0 Å². The van der Waals surface area contributed by atoms with Gasteiger partial charge in [0.05, 0.1) is 10.9 Å². The predicted octanol–water partition coefficient (Wildman–Crippen LogP) is 1.49. The number of rotatable bonds is 3. The summed E-state index contributed by atoms with van der Waals surface area (Å²) in [6.45, 7) is 4.59.